The van der Waals surface area contributed by atoms with Crippen molar-refractivity contribution in [1.82, 2.24) is 0 Å². The molecule has 4 unspecified atom stereocenters. The average Bonchev–Trinajstić information content (AvgIpc) is 2.85. The Labute approximate surface area is 312 Å². The number of nitrogens with zero attached hydrogens (tertiary/aromatic N) is 8. The Balaban J connectivity index is -0.000000114. The molecule has 2 radical (unpaired) electrons. The monoisotopic (exact) mass is 743 g/mol. The van der Waals surface area contributed by atoms with Gasteiger partial charge in [-0.25, -0.2) is 24.7 Å². The van der Waals surface area contributed by atoms with Gasteiger partial charge in [0.2, 0.25) is 0 Å². The van der Waals surface area contributed by atoms with Crippen LogP contribution in [0.25, 0.3) is 42.5 Å². The van der Waals surface area contributed by atoms with Crippen LogP contribution >= 0.6 is 0 Å². The fourth-order valence-corrected chi connectivity index (χ4v) is 3.68. The molecule has 10 heteroatoms. The quantitative estimate of drug-likeness (QED) is 0.150. The van der Waals surface area contributed by atoms with Crippen LogP contribution in [-0.2, 0) is 33.6 Å². The molecule has 0 saturated heterocycles. The van der Waals surface area contributed by atoms with Crippen LogP contribution in [-0.4, -0.2) is 73.0 Å². The summed E-state index contributed by atoms with van der Waals surface area (Å²) in [6.45, 7) is 45.6. The molecule has 290 valence electrons. The molecule has 0 amide bonds. The first kappa shape index (κ1) is 58.9. The summed E-state index contributed by atoms with van der Waals surface area (Å²) in [5, 5.41) is 35.6. The van der Waals surface area contributed by atoms with E-state index >= 15 is 0 Å². The third-order valence-corrected chi connectivity index (χ3v) is 5.18. The van der Waals surface area contributed by atoms with Gasteiger partial charge in [-0.3, -0.25) is 0 Å². The van der Waals surface area contributed by atoms with Crippen molar-refractivity contribution in [2.75, 3.05) is 26.2 Å². The minimum absolute atomic E-state index is 0. The van der Waals surface area contributed by atoms with Crippen molar-refractivity contribution in [3.8, 4) is 0 Å². The molecule has 0 saturated carbocycles. The van der Waals surface area contributed by atoms with Crippen molar-refractivity contribution in [1.29, 1.82) is 0 Å². The molecular weight excluding hydrogens is 662 g/mol. The summed E-state index contributed by atoms with van der Waals surface area (Å²) in [5.74, 6) is 0. The molecule has 0 aromatic rings. The second kappa shape index (κ2) is 32.9. The Kier molecular flexibility index (Phi) is 42.1. The normalized spacial score (nSPS) is 14.3. The maximum Gasteiger partial charge on any atom is 0 e. The second-order valence-corrected chi connectivity index (χ2v) is 14.8. The summed E-state index contributed by atoms with van der Waals surface area (Å²) in [7, 11) is 0. The standard InChI is InChI=1S/4C9H20N2.2Co/c4*1-6-8(10-7-2)11-9(3,4)5;;/h4*8H,6-7H2,1-5H3;;/q4*-2;;. The zero-order valence-corrected chi connectivity index (χ0v) is 36.3. The Hall–Kier alpha value is 0.693. The van der Waals surface area contributed by atoms with Crippen LogP contribution in [0.2, 0.25) is 0 Å². The molecule has 0 bridgehead atoms. The van der Waals surface area contributed by atoms with Crippen molar-refractivity contribution >= 4 is 0 Å². The van der Waals surface area contributed by atoms with E-state index in [0.717, 1.165) is 51.9 Å². The molecule has 0 aromatic heterocycles. The Bertz CT molecular complexity index is 493. The molecule has 0 heterocycles. The molecule has 0 aromatic carbocycles. The van der Waals surface area contributed by atoms with E-state index in [-0.39, 0.29) is 80.4 Å². The van der Waals surface area contributed by atoms with Crippen molar-refractivity contribution < 1.29 is 33.6 Å². The SMILES string of the molecule is CC[N-]C(CC)[N-]C(C)(C)C.CC[N-]C(CC)[N-]C(C)(C)C.CC[N-]C(CC)[N-]C(C)(C)C.CC[N-]C(CC)[N-]C(C)(C)C.[Co].[Co]. The van der Waals surface area contributed by atoms with E-state index in [2.05, 4.69) is 181 Å². The van der Waals surface area contributed by atoms with Crippen LogP contribution < -0.4 is 0 Å². The predicted molar refractivity (Wildman–Crippen MR) is 204 cm³/mol. The molecule has 0 spiro atoms. The van der Waals surface area contributed by atoms with Crippen molar-refractivity contribution in [2.45, 2.75) is 211 Å². The van der Waals surface area contributed by atoms with E-state index < -0.39 is 0 Å². The van der Waals surface area contributed by atoms with Crippen LogP contribution in [0.3, 0.4) is 0 Å². The molecule has 0 aliphatic heterocycles. The van der Waals surface area contributed by atoms with E-state index in [1.165, 1.54) is 0 Å². The maximum atomic E-state index is 4.55. The van der Waals surface area contributed by atoms with Gasteiger partial charge in [0.05, 0.1) is 0 Å². The smallest absolute Gasteiger partial charge is 0 e. The topological polar surface area (TPSA) is 113 Å². The fraction of sp³-hybridized carbons (Fsp3) is 1.00. The van der Waals surface area contributed by atoms with Gasteiger partial charge in [-0.2, -0.15) is 26.2 Å². The molecule has 0 fully saturated rings. The molecule has 4 atom stereocenters. The number of hydrogen-bond acceptors (Lipinski definition) is 0. The minimum atomic E-state index is 0. The number of rotatable bonds is 16. The van der Waals surface area contributed by atoms with E-state index in [1.807, 2.05) is 0 Å². The van der Waals surface area contributed by atoms with Crippen LogP contribution in [0.4, 0.5) is 0 Å². The van der Waals surface area contributed by atoms with E-state index in [1.54, 1.807) is 0 Å². The van der Waals surface area contributed by atoms with Crippen LogP contribution in [0.1, 0.15) is 164 Å². The Morgan fingerprint density at radius 1 is 0.304 bits per heavy atom. The van der Waals surface area contributed by atoms with Gasteiger partial charge in [0.15, 0.2) is 0 Å². The Morgan fingerprint density at radius 3 is 0.500 bits per heavy atom. The van der Waals surface area contributed by atoms with Crippen molar-refractivity contribution in [2.24, 2.45) is 0 Å². The van der Waals surface area contributed by atoms with Crippen molar-refractivity contribution in [3.63, 3.8) is 0 Å². The predicted octanol–water partition coefficient (Wildman–Crippen LogP) is 13.1. The van der Waals surface area contributed by atoms with Gasteiger partial charge < -0.3 is 42.5 Å². The molecule has 0 aliphatic carbocycles. The average molecular weight is 743 g/mol. The number of hydrogen-bond donors (Lipinski definition) is 0. The summed E-state index contributed by atoms with van der Waals surface area (Å²) >= 11 is 0. The fourth-order valence-electron chi connectivity index (χ4n) is 3.68. The van der Waals surface area contributed by atoms with Gasteiger partial charge in [0.1, 0.15) is 0 Å². The first-order chi connectivity index (χ1) is 20.0. The van der Waals surface area contributed by atoms with Gasteiger partial charge in [-0.15, -0.1) is 22.2 Å². The molecule has 0 rings (SSSR count). The third-order valence-electron chi connectivity index (χ3n) is 5.18. The third kappa shape index (κ3) is 51.5. The molecule has 0 N–H and O–H groups in total. The van der Waals surface area contributed by atoms with Crippen LogP contribution in [0, 0.1) is 0 Å². The largest absolute Gasteiger partial charge is 0.678 e. The van der Waals surface area contributed by atoms with E-state index in [9.17, 15) is 0 Å². The van der Waals surface area contributed by atoms with E-state index in [0.29, 0.717) is 0 Å². The van der Waals surface area contributed by atoms with Gasteiger partial charge in [-0.05, 0) is 0 Å². The summed E-state index contributed by atoms with van der Waals surface area (Å²) in [6, 6.07) is 0. The van der Waals surface area contributed by atoms with Gasteiger partial charge in [-0.1, -0.05) is 164 Å². The first-order valence-electron chi connectivity index (χ1n) is 17.5. The van der Waals surface area contributed by atoms with Gasteiger partial charge in [0, 0.05) is 33.6 Å². The maximum absolute atomic E-state index is 4.55. The minimum Gasteiger partial charge on any atom is -0.678 e. The van der Waals surface area contributed by atoms with Gasteiger partial charge >= 0.3 is 0 Å². The molecular formula is C36H80Co2N8-8. The second-order valence-electron chi connectivity index (χ2n) is 14.8. The molecule has 8 nitrogen and oxygen atoms in total. The summed E-state index contributed by atoms with van der Waals surface area (Å²) in [5.41, 5.74) is 0.220. The summed E-state index contributed by atoms with van der Waals surface area (Å²) < 4.78 is 0. The van der Waals surface area contributed by atoms with Crippen molar-refractivity contribution in [3.05, 3.63) is 42.5 Å². The van der Waals surface area contributed by atoms with Gasteiger partial charge in [0.25, 0.3) is 0 Å². The Morgan fingerprint density at radius 2 is 0.435 bits per heavy atom. The van der Waals surface area contributed by atoms with Crippen LogP contribution in [0.5, 0.6) is 0 Å². The molecule has 46 heavy (non-hydrogen) atoms. The summed E-state index contributed by atoms with van der Waals surface area (Å²) in [4.78, 5) is 0. The van der Waals surface area contributed by atoms with Crippen LogP contribution in [0.15, 0.2) is 0 Å². The van der Waals surface area contributed by atoms with E-state index in [4.69, 9.17) is 0 Å². The first-order valence-corrected chi connectivity index (χ1v) is 17.5. The zero-order valence-electron chi connectivity index (χ0n) is 34.2. The summed E-state index contributed by atoms with van der Waals surface area (Å²) in [6.07, 6.45) is 4.91. The molecule has 0 aliphatic rings. The zero-order chi connectivity index (χ0) is 35.6.